The Morgan fingerprint density at radius 3 is 3.00 bits per heavy atom. The fourth-order valence-corrected chi connectivity index (χ4v) is 3.52. The first-order valence-corrected chi connectivity index (χ1v) is 9.22. The first-order valence-electron chi connectivity index (χ1n) is 9.22. The van der Waals surface area contributed by atoms with Gasteiger partial charge in [-0.1, -0.05) is 30.3 Å². The van der Waals surface area contributed by atoms with E-state index in [2.05, 4.69) is 21.2 Å². The fraction of sp³-hybridized carbons (Fsp3) is 0.238. The van der Waals surface area contributed by atoms with E-state index in [0.717, 1.165) is 22.6 Å². The highest BCUT2D eigenvalue weighted by Gasteiger charge is 2.34. The van der Waals surface area contributed by atoms with Gasteiger partial charge < -0.3 is 14.6 Å². The molecule has 7 heteroatoms. The molecule has 2 atom stereocenters. The van der Waals surface area contributed by atoms with Crippen LogP contribution in [0.25, 0.3) is 5.69 Å². The first kappa shape index (κ1) is 18.2. The van der Waals surface area contributed by atoms with Crippen LogP contribution in [0.4, 0.5) is 0 Å². The average Bonchev–Trinajstić information content (AvgIpc) is 3.44. The highest BCUT2D eigenvalue weighted by atomic mass is 16.5. The van der Waals surface area contributed by atoms with Gasteiger partial charge in [-0.3, -0.25) is 10.2 Å². The van der Waals surface area contributed by atoms with Gasteiger partial charge in [0.05, 0.1) is 31.1 Å². The zero-order chi connectivity index (χ0) is 19.3. The Kier molecular flexibility index (Phi) is 5.36. The molecule has 2 aromatic carbocycles. The highest BCUT2D eigenvalue weighted by Crippen LogP contribution is 2.27. The fourth-order valence-electron chi connectivity index (χ4n) is 3.52. The molecule has 1 aliphatic heterocycles. The molecule has 1 aliphatic rings. The monoisotopic (exact) mass is 377 g/mol. The molecule has 1 fully saturated rings. The molecule has 1 saturated heterocycles. The second kappa shape index (κ2) is 8.24. The molecular formula is C21H23N5O2. The van der Waals surface area contributed by atoms with E-state index in [1.165, 1.54) is 0 Å². The minimum absolute atomic E-state index is 0.00533. The number of hydrogen-bond acceptors (Lipinski definition) is 5. The van der Waals surface area contributed by atoms with Gasteiger partial charge in [-0.25, -0.2) is 10.4 Å². The number of aromatic nitrogens is 2. The van der Waals surface area contributed by atoms with Gasteiger partial charge >= 0.3 is 0 Å². The summed E-state index contributed by atoms with van der Waals surface area (Å²) in [6, 6.07) is 15.7. The summed E-state index contributed by atoms with van der Waals surface area (Å²) in [7, 11) is 1.64. The molecule has 0 aliphatic carbocycles. The number of carbonyl (C=O) groups excluding carboxylic acids is 1. The van der Waals surface area contributed by atoms with E-state index in [1.54, 1.807) is 19.6 Å². The quantitative estimate of drug-likeness (QED) is 0.612. The third-order valence-electron chi connectivity index (χ3n) is 5.00. The largest absolute Gasteiger partial charge is 0.497 e. The number of nitrogens with one attached hydrogen (secondary N) is 3. The average molecular weight is 377 g/mol. The Hall–Kier alpha value is -3.16. The van der Waals surface area contributed by atoms with E-state index >= 15 is 0 Å². The van der Waals surface area contributed by atoms with Gasteiger partial charge in [-0.2, -0.15) is 0 Å². The molecule has 1 aromatic heterocycles. The Morgan fingerprint density at radius 1 is 1.29 bits per heavy atom. The zero-order valence-electron chi connectivity index (χ0n) is 15.6. The van der Waals surface area contributed by atoms with Crippen LogP contribution in [-0.4, -0.2) is 29.1 Å². The minimum atomic E-state index is -0.215. The van der Waals surface area contributed by atoms with E-state index in [0.29, 0.717) is 13.1 Å². The number of methoxy groups -OCH3 is 1. The molecule has 144 valence electrons. The van der Waals surface area contributed by atoms with Gasteiger partial charge in [0.1, 0.15) is 5.75 Å². The summed E-state index contributed by atoms with van der Waals surface area (Å²) >= 11 is 0. The molecule has 0 spiro atoms. The Bertz CT molecular complexity index is 941. The number of amides is 1. The van der Waals surface area contributed by atoms with Crippen LogP contribution in [0.1, 0.15) is 17.2 Å². The van der Waals surface area contributed by atoms with Crippen LogP contribution in [0, 0.1) is 5.92 Å². The third-order valence-corrected chi connectivity index (χ3v) is 5.00. The number of imidazole rings is 1. The van der Waals surface area contributed by atoms with Crippen LogP contribution in [0.3, 0.4) is 0 Å². The normalized spacial score (nSPS) is 18.8. The summed E-state index contributed by atoms with van der Waals surface area (Å²) in [6.07, 6.45) is 5.39. The lowest BCUT2D eigenvalue weighted by Gasteiger charge is -2.19. The van der Waals surface area contributed by atoms with E-state index in [-0.39, 0.29) is 17.9 Å². The maximum absolute atomic E-state index is 12.9. The lowest BCUT2D eigenvalue weighted by Crippen LogP contribution is -2.34. The molecule has 0 bridgehead atoms. The Morgan fingerprint density at radius 2 is 2.18 bits per heavy atom. The van der Waals surface area contributed by atoms with Crippen molar-refractivity contribution < 1.29 is 9.53 Å². The number of carbonyl (C=O) groups is 1. The van der Waals surface area contributed by atoms with Crippen molar-refractivity contribution >= 4 is 5.91 Å². The van der Waals surface area contributed by atoms with E-state index in [9.17, 15) is 4.79 Å². The molecule has 2 heterocycles. The smallest absolute Gasteiger partial charge is 0.226 e. The maximum atomic E-state index is 12.9. The number of para-hydroxylation sites is 1. The molecule has 7 nitrogen and oxygen atoms in total. The van der Waals surface area contributed by atoms with Crippen molar-refractivity contribution in [1.82, 2.24) is 25.7 Å². The van der Waals surface area contributed by atoms with Gasteiger partial charge in [0.25, 0.3) is 0 Å². The molecule has 0 saturated carbocycles. The molecule has 4 rings (SSSR count). The van der Waals surface area contributed by atoms with Crippen LogP contribution >= 0.6 is 0 Å². The van der Waals surface area contributed by atoms with Crippen LogP contribution in [0.2, 0.25) is 0 Å². The van der Waals surface area contributed by atoms with Crippen molar-refractivity contribution in [3.05, 3.63) is 78.4 Å². The molecule has 3 aromatic rings. The van der Waals surface area contributed by atoms with Crippen LogP contribution in [-0.2, 0) is 11.3 Å². The molecular weight excluding hydrogens is 354 g/mol. The van der Waals surface area contributed by atoms with Crippen molar-refractivity contribution in [2.24, 2.45) is 5.92 Å². The van der Waals surface area contributed by atoms with Crippen molar-refractivity contribution in [3.8, 4) is 11.4 Å². The summed E-state index contributed by atoms with van der Waals surface area (Å²) in [6.45, 7) is 1.02. The summed E-state index contributed by atoms with van der Waals surface area (Å²) in [4.78, 5) is 17.0. The van der Waals surface area contributed by atoms with Crippen LogP contribution in [0.15, 0.2) is 67.3 Å². The molecule has 3 N–H and O–H groups in total. The van der Waals surface area contributed by atoms with E-state index in [4.69, 9.17) is 4.74 Å². The zero-order valence-corrected chi connectivity index (χ0v) is 15.6. The van der Waals surface area contributed by atoms with Crippen LogP contribution < -0.4 is 20.9 Å². The van der Waals surface area contributed by atoms with Crippen LogP contribution in [0.5, 0.6) is 5.75 Å². The van der Waals surface area contributed by atoms with E-state index < -0.39 is 0 Å². The second-order valence-corrected chi connectivity index (χ2v) is 6.70. The van der Waals surface area contributed by atoms with E-state index in [1.807, 2.05) is 59.3 Å². The van der Waals surface area contributed by atoms with Crippen molar-refractivity contribution in [2.45, 2.75) is 12.6 Å². The summed E-state index contributed by atoms with van der Waals surface area (Å²) in [5.41, 5.74) is 9.37. The van der Waals surface area contributed by atoms with Gasteiger partial charge in [0.15, 0.2) is 0 Å². The van der Waals surface area contributed by atoms with Gasteiger partial charge in [-0.15, -0.1) is 0 Å². The summed E-state index contributed by atoms with van der Waals surface area (Å²) in [5, 5.41) is 3.09. The number of benzene rings is 2. The summed E-state index contributed by atoms with van der Waals surface area (Å²) in [5.74, 6) is 0.567. The van der Waals surface area contributed by atoms with Gasteiger partial charge in [0, 0.05) is 25.5 Å². The number of rotatable bonds is 6. The lowest BCUT2D eigenvalue weighted by molar-refractivity contribution is -0.125. The standard InChI is InChI=1S/C21H23N5O2/c1-28-17-7-4-6-15(11-17)20-18(13-24-25-20)21(27)23-12-16-5-2-3-8-19(16)26-10-9-22-14-26/h2-11,14,18,20,24-25H,12-13H2,1H3,(H,23,27). The predicted molar refractivity (Wildman–Crippen MR) is 106 cm³/mol. The van der Waals surface area contributed by atoms with Gasteiger partial charge in [-0.05, 0) is 29.3 Å². The maximum Gasteiger partial charge on any atom is 0.226 e. The number of hydrogen-bond donors (Lipinski definition) is 3. The van der Waals surface area contributed by atoms with Crippen molar-refractivity contribution in [1.29, 1.82) is 0 Å². The number of hydrazine groups is 1. The topological polar surface area (TPSA) is 80.2 Å². The second-order valence-electron chi connectivity index (χ2n) is 6.70. The minimum Gasteiger partial charge on any atom is -0.497 e. The van der Waals surface area contributed by atoms with Crippen molar-refractivity contribution in [3.63, 3.8) is 0 Å². The molecule has 1 amide bonds. The van der Waals surface area contributed by atoms with Crippen molar-refractivity contribution in [2.75, 3.05) is 13.7 Å². The molecule has 2 unspecified atom stereocenters. The summed E-state index contributed by atoms with van der Waals surface area (Å²) < 4.78 is 7.25. The Labute approximate surface area is 163 Å². The molecule has 0 radical (unpaired) electrons. The lowest BCUT2D eigenvalue weighted by atomic mass is 9.94. The number of ether oxygens (including phenoxy) is 1. The predicted octanol–water partition coefficient (Wildman–Crippen LogP) is 1.96. The Balaban J connectivity index is 1.47. The SMILES string of the molecule is COc1cccc(C2NNCC2C(=O)NCc2ccccc2-n2ccnc2)c1. The number of nitrogens with zero attached hydrogens (tertiary/aromatic N) is 2. The highest BCUT2D eigenvalue weighted by molar-refractivity contribution is 5.80. The van der Waals surface area contributed by atoms with Gasteiger partial charge in [0.2, 0.25) is 5.91 Å². The third kappa shape index (κ3) is 3.76. The first-order chi connectivity index (χ1) is 13.8. The molecule has 28 heavy (non-hydrogen) atoms.